The van der Waals surface area contributed by atoms with E-state index in [9.17, 15) is 9.46 Å². The average Bonchev–Trinajstić information content (AvgIpc) is 3.16. The van der Waals surface area contributed by atoms with Gasteiger partial charge in [-0.05, 0) is 12.8 Å². The number of phosphoric acid groups is 1. The highest BCUT2D eigenvalue weighted by atomic mass is 31.2. The number of ether oxygens (including phenoxy) is 2. The van der Waals surface area contributed by atoms with Gasteiger partial charge in [-0.1, -0.05) is 96.8 Å². The first-order chi connectivity index (χ1) is 15.7. The smallest absolute Gasteiger partial charge is 0.347 e. The van der Waals surface area contributed by atoms with Crippen molar-refractivity contribution < 1.29 is 32.5 Å². The van der Waals surface area contributed by atoms with Gasteiger partial charge >= 0.3 is 7.82 Å². The van der Waals surface area contributed by atoms with Crippen LogP contribution in [0.2, 0.25) is 0 Å². The Kier molecular flexibility index (Phi) is 17.2. The Labute approximate surface area is 203 Å². The summed E-state index contributed by atoms with van der Waals surface area (Å²) in [7, 11) is 1.84. The van der Waals surface area contributed by atoms with Gasteiger partial charge < -0.3 is 18.9 Å². The molecular formula is C25H53NO6P+. The molecule has 8 heteroatoms. The molecule has 0 amide bonds. The first-order valence-electron chi connectivity index (χ1n) is 13.4. The van der Waals surface area contributed by atoms with Crippen LogP contribution in [0, 0.1) is 0 Å². The van der Waals surface area contributed by atoms with Crippen LogP contribution in [0.15, 0.2) is 0 Å². The fraction of sp³-hybridized carbons (Fsp3) is 1.00. The largest absolute Gasteiger partial charge is 0.474 e. The minimum atomic E-state index is -4.13. The van der Waals surface area contributed by atoms with Crippen molar-refractivity contribution in [1.82, 2.24) is 0 Å². The van der Waals surface area contributed by atoms with Gasteiger partial charge in [-0.15, -0.1) is 0 Å². The van der Waals surface area contributed by atoms with E-state index < -0.39 is 14.1 Å². The van der Waals surface area contributed by atoms with Crippen molar-refractivity contribution >= 4 is 7.82 Å². The van der Waals surface area contributed by atoms with Crippen LogP contribution in [0.3, 0.4) is 0 Å². The van der Waals surface area contributed by atoms with Crippen LogP contribution < -0.4 is 0 Å². The number of hydrogen-bond acceptors (Lipinski definition) is 5. The van der Waals surface area contributed by atoms with Crippen molar-refractivity contribution in [3.8, 4) is 0 Å². The highest BCUT2D eigenvalue weighted by molar-refractivity contribution is 7.47. The third-order valence-corrected chi connectivity index (χ3v) is 7.04. The second-order valence-corrected chi connectivity index (χ2v) is 11.9. The Hall–Kier alpha value is -0.0100. The molecule has 0 aromatic rings. The lowest BCUT2D eigenvalue weighted by atomic mass is 10.0. The Morgan fingerprint density at radius 3 is 1.82 bits per heavy atom. The fourth-order valence-electron chi connectivity index (χ4n) is 3.93. The number of unbranched alkanes of at least 4 members (excludes halogenated alkanes) is 14. The zero-order chi connectivity index (χ0) is 24.4. The standard InChI is InChI=1S/C25H52NO6P/c1-5-6-7-8-9-10-11-12-13-14-15-16-17-18-19-20-24-29-23-25(31-24)32-33(27,28)30-22-21-26(2,3)4/h24-25H,5-23H2,1-4H3/p+1. The molecule has 1 N–H and O–H groups in total. The molecule has 0 spiro atoms. The number of nitrogens with zero attached hydrogens (tertiary/aromatic N) is 1. The van der Waals surface area contributed by atoms with Crippen LogP contribution in [-0.4, -0.2) is 62.9 Å². The van der Waals surface area contributed by atoms with E-state index in [0.717, 1.165) is 12.8 Å². The molecule has 1 fully saturated rings. The van der Waals surface area contributed by atoms with Crippen molar-refractivity contribution in [2.75, 3.05) is 40.9 Å². The maximum atomic E-state index is 12.0. The minimum Gasteiger partial charge on any atom is -0.347 e. The molecule has 0 aliphatic carbocycles. The van der Waals surface area contributed by atoms with Gasteiger partial charge in [-0.3, -0.25) is 9.05 Å². The van der Waals surface area contributed by atoms with Crippen molar-refractivity contribution in [3.63, 3.8) is 0 Å². The summed E-state index contributed by atoms with van der Waals surface area (Å²) in [6, 6.07) is 0. The summed E-state index contributed by atoms with van der Waals surface area (Å²) in [5.74, 6) is 0. The van der Waals surface area contributed by atoms with Crippen molar-refractivity contribution in [2.24, 2.45) is 0 Å². The summed E-state index contributed by atoms with van der Waals surface area (Å²) >= 11 is 0. The van der Waals surface area contributed by atoms with Crippen LogP contribution in [0.25, 0.3) is 0 Å². The molecule has 1 rings (SSSR count). The van der Waals surface area contributed by atoms with E-state index in [-0.39, 0.29) is 19.5 Å². The normalized spacial score (nSPS) is 20.9. The maximum Gasteiger partial charge on any atom is 0.474 e. The zero-order valence-corrected chi connectivity index (χ0v) is 22.9. The molecule has 0 aromatic heterocycles. The summed E-state index contributed by atoms with van der Waals surface area (Å²) in [5.41, 5.74) is 0. The van der Waals surface area contributed by atoms with Gasteiger partial charge in [-0.25, -0.2) is 4.57 Å². The molecule has 1 aliphatic rings. The van der Waals surface area contributed by atoms with E-state index in [0.29, 0.717) is 11.0 Å². The number of hydrogen-bond donors (Lipinski definition) is 1. The molecule has 0 saturated carbocycles. The van der Waals surface area contributed by atoms with E-state index >= 15 is 0 Å². The van der Waals surface area contributed by atoms with Crippen molar-refractivity contribution in [2.45, 2.75) is 122 Å². The van der Waals surface area contributed by atoms with E-state index in [2.05, 4.69) is 6.92 Å². The quantitative estimate of drug-likeness (QED) is 0.101. The molecular weight excluding hydrogens is 441 g/mol. The first-order valence-corrected chi connectivity index (χ1v) is 14.9. The number of likely N-dealkylation sites (N-methyl/N-ethyl adjacent to an activating group) is 1. The maximum absolute atomic E-state index is 12.0. The van der Waals surface area contributed by atoms with E-state index in [1.807, 2.05) is 21.1 Å². The summed E-state index contributed by atoms with van der Waals surface area (Å²) < 4.78 is 34.0. The average molecular weight is 495 g/mol. The molecule has 0 aromatic carbocycles. The Bertz CT molecular complexity index is 514. The van der Waals surface area contributed by atoms with Gasteiger partial charge in [0.05, 0.1) is 21.1 Å². The van der Waals surface area contributed by atoms with Crippen LogP contribution in [0.5, 0.6) is 0 Å². The Balaban J connectivity index is 1.91. The zero-order valence-electron chi connectivity index (χ0n) is 22.0. The predicted molar refractivity (Wildman–Crippen MR) is 134 cm³/mol. The molecule has 198 valence electrons. The lowest BCUT2D eigenvalue weighted by Crippen LogP contribution is -2.37. The van der Waals surface area contributed by atoms with Crippen LogP contribution in [-0.2, 0) is 23.1 Å². The summed E-state index contributed by atoms with van der Waals surface area (Å²) in [4.78, 5) is 9.84. The Morgan fingerprint density at radius 2 is 1.33 bits per heavy atom. The van der Waals surface area contributed by atoms with Crippen LogP contribution >= 0.6 is 7.82 Å². The highest BCUT2D eigenvalue weighted by Gasteiger charge is 2.34. The molecule has 1 heterocycles. The number of phosphoric ester groups is 1. The monoisotopic (exact) mass is 494 g/mol. The molecule has 0 radical (unpaired) electrons. The molecule has 3 unspecified atom stereocenters. The molecule has 0 bridgehead atoms. The van der Waals surface area contributed by atoms with E-state index in [1.54, 1.807) is 0 Å². The minimum absolute atomic E-state index is 0.146. The van der Waals surface area contributed by atoms with Crippen molar-refractivity contribution in [3.05, 3.63) is 0 Å². The molecule has 3 atom stereocenters. The Morgan fingerprint density at radius 1 is 0.848 bits per heavy atom. The third kappa shape index (κ3) is 18.9. The summed E-state index contributed by atoms with van der Waals surface area (Å²) in [5, 5.41) is 0. The lowest BCUT2D eigenvalue weighted by molar-refractivity contribution is -0.870. The van der Waals surface area contributed by atoms with Gasteiger partial charge in [0.15, 0.2) is 12.6 Å². The van der Waals surface area contributed by atoms with Crippen molar-refractivity contribution in [1.29, 1.82) is 0 Å². The SMILES string of the molecule is CCCCCCCCCCCCCCCCCC1OCC(OP(=O)(O)OCC[N+](C)(C)C)O1. The summed E-state index contributed by atoms with van der Waals surface area (Å²) in [6.07, 6.45) is 19.6. The van der Waals surface area contributed by atoms with Gasteiger partial charge in [0.1, 0.15) is 19.8 Å². The molecule has 1 saturated heterocycles. The second kappa shape index (κ2) is 18.3. The number of rotatable bonds is 22. The van der Waals surface area contributed by atoms with Gasteiger partial charge in [0, 0.05) is 0 Å². The van der Waals surface area contributed by atoms with Gasteiger partial charge in [-0.2, -0.15) is 0 Å². The molecule has 33 heavy (non-hydrogen) atoms. The molecule has 7 nitrogen and oxygen atoms in total. The van der Waals surface area contributed by atoms with Gasteiger partial charge in [0.25, 0.3) is 0 Å². The lowest BCUT2D eigenvalue weighted by Gasteiger charge is -2.24. The first kappa shape index (κ1) is 31.0. The van der Waals surface area contributed by atoms with E-state index in [1.165, 1.54) is 89.9 Å². The van der Waals surface area contributed by atoms with E-state index in [4.69, 9.17) is 18.5 Å². The van der Waals surface area contributed by atoms with Crippen LogP contribution in [0.1, 0.15) is 110 Å². The molecule has 1 aliphatic heterocycles. The van der Waals surface area contributed by atoms with Gasteiger partial charge in [0.2, 0.25) is 0 Å². The second-order valence-electron chi connectivity index (χ2n) is 10.5. The number of quaternary nitrogens is 1. The topological polar surface area (TPSA) is 74.2 Å². The summed E-state index contributed by atoms with van der Waals surface area (Å²) in [6.45, 7) is 3.19. The highest BCUT2D eigenvalue weighted by Crippen LogP contribution is 2.45. The predicted octanol–water partition coefficient (Wildman–Crippen LogP) is 6.79. The van der Waals surface area contributed by atoms with Crippen LogP contribution in [0.4, 0.5) is 0 Å². The third-order valence-electron chi connectivity index (χ3n) is 6.03. The fourth-order valence-corrected chi connectivity index (χ4v) is 4.71.